The Hall–Kier alpha value is -0.760. The second-order valence-electron chi connectivity index (χ2n) is 4.93. The molecule has 0 amide bonds. The number of hydrogen-bond acceptors (Lipinski definition) is 3. The summed E-state index contributed by atoms with van der Waals surface area (Å²) in [5.41, 5.74) is 0. The number of halogens is 2. The van der Waals surface area contributed by atoms with E-state index in [1.807, 2.05) is 0 Å². The summed E-state index contributed by atoms with van der Waals surface area (Å²) in [5, 5.41) is 8.68. The van der Waals surface area contributed by atoms with Crippen LogP contribution in [0, 0.1) is 11.8 Å². The highest BCUT2D eigenvalue weighted by Gasteiger charge is 2.47. The van der Waals surface area contributed by atoms with Gasteiger partial charge >= 0.3 is 5.97 Å². The van der Waals surface area contributed by atoms with Crippen LogP contribution in [0.2, 0.25) is 0 Å². The quantitative estimate of drug-likeness (QED) is 0.790. The largest absolute Gasteiger partial charge is 0.481 e. The third-order valence-corrected chi connectivity index (χ3v) is 5.04. The first-order valence-electron chi connectivity index (χ1n) is 5.58. The third kappa shape index (κ3) is 3.88. The molecule has 0 aromatic rings. The average molecular weight is 285 g/mol. The van der Waals surface area contributed by atoms with Crippen molar-refractivity contribution in [2.24, 2.45) is 11.8 Å². The minimum absolute atomic E-state index is 0.152. The molecule has 1 aliphatic rings. The highest BCUT2D eigenvalue weighted by Crippen LogP contribution is 2.43. The van der Waals surface area contributed by atoms with Gasteiger partial charge in [0.1, 0.15) is 0 Å². The summed E-state index contributed by atoms with van der Waals surface area (Å²) in [6.07, 6.45) is -0.816. The molecule has 0 aliphatic heterocycles. The second kappa shape index (κ2) is 5.08. The molecule has 1 fully saturated rings. The van der Waals surface area contributed by atoms with Crippen LogP contribution >= 0.6 is 0 Å². The monoisotopic (exact) mass is 285 g/mol. The van der Waals surface area contributed by atoms with Gasteiger partial charge < -0.3 is 5.11 Å². The van der Waals surface area contributed by atoms with Gasteiger partial charge in [0, 0.05) is 26.4 Å². The van der Waals surface area contributed by atoms with Gasteiger partial charge in [0.15, 0.2) is 0 Å². The van der Waals surface area contributed by atoms with E-state index in [1.54, 1.807) is 0 Å². The summed E-state index contributed by atoms with van der Waals surface area (Å²) in [5.74, 6) is -5.54. The van der Waals surface area contributed by atoms with Crippen molar-refractivity contribution >= 4 is 16.0 Å². The molecule has 8 heteroatoms. The zero-order valence-electron chi connectivity index (χ0n) is 10.3. The van der Waals surface area contributed by atoms with Crippen LogP contribution in [0.5, 0.6) is 0 Å². The summed E-state index contributed by atoms with van der Waals surface area (Å²) < 4.78 is 49.7. The second-order valence-corrected chi connectivity index (χ2v) is 7.05. The summed E-state index contributed by atoms with van der Waals surface area (Å²) >= 11 is 0. The molecule has 0 bridgehead atoms. The highest BCUT2D eigenvalue weighted by molar-refractivity contribution is 7.89. The number of sulfonamides is 1. The predicted molar refractivity (Wildman–Crippen MR) is 60.9 cm³/mol. The minimum atomic E-state index is -3.66. The van der Waals surface area contributed by atoms with Crippen molar-refractivity contribution in [2.45, 2.75) is 25.7 Å². The smallest absolute Gasteiger partial charge is 0.307 e. The molecule has 0 spiro atoms. The first-order chi connectivity index (χ1) is 8.03. The first-order valence-corrected chi connectivity index (χ1v) is 7.19. The number of nitrogens with zero attached hydrogens (tertiary/aromatic N) is 1. The standard InChI is InChI=1S/C10H17F2NO4S/c1-7(9(14)15)5-13(2)18(16,17)6-8-3-10(11,12)4-8/h7-8H,3-6H2,1-2H3,(H,14,15). The number of rotatable bonds is 6. The van der Waals surface area contributed by atoms with Gasteiger partial charge in [-0.1, -0.05) is 6.92 Å². The van der Waals surface area contributed by atoms with E-state index in [0.29, 0.717) is 0 Å². The van der Waals surface area contributed by atoms with Gasteiger partial charge in [-0.2, -0.15) is 0 Å². The van der Waals surface area contributed by atoms with Crippen molar-refractivity contribution in [3.05, 3.63) is 0 Å². The molecule has 5 nitrogen and oxygen atoms in total. The number of carboxylic acid groups (broad SMARTS) is 1. The van der Waals surface area contributed by atoms with Crippen molar-refractivity contribution in [1.82, 2.24) is 4.31 Å². The molecular formula is C10H17F2NO4S. The molecule has 0 radical (unpaired) electrons. The van der Waals surface area contributed by atoms with E-state index in [1.165, 1.54) is 14.0 Å². The normalized spacial score (nSPS) is 21.6. The molecule has 106 valence electrons. The molecule has 1 rings (SSSR count). The Bertz CT molecular complexity index is 416. The van der Waals surface area contributed by atoms with Crippen molar-refractivity contribution in [1.29, 1.82) is 0 Å². The summed E-state index contributed by atoms with van der Waals surface area (Å²) in [6, 6.07) is 0. The number of alkyl halides is 2. The summed E-state index contributed by atoms with van der Waals surface area (Å²) in [7, 11) is -2.39. The van der Waals surface area contributed by atoms with Gasteiger partial charge in [-0.3, -0.25) is 4.79 Å². The fraction of sp³-hybridized carbons (Fsp3) is 0.900. The van der Waals surface area contributed by atoms with E-state index in [2.05, 4.69) is 0 Å². The number of carboxylic acids is 1. The molecule has 18 heavy (non-hydrogen) atoms. The lowest BCUT2D eigenvalue weighted by molar-refractivity contribution is -0.141. The third-order valence-electron chi connectivity index (χ3n) is 3.05. The lowest BCUT2D eigenvalue weighted by Gasteiger charge is -2.35. The Balaban J connectivity index is 2.51. The van der Waals surface area contributed by atoms with E-state index < -0.39 is 46.6 Å². The molecule has 1 unspecified atom stereocenters. The lowest BCUT2D eigenvalue weighted by Crippen LogP contribution is -2.43. The van der Waals surface area contributed by atoms with Crippen LogP contribution in [0.15, 0.2) is 0 Å². The fourth-order valence-electron chi connectivity index (χ4n) is 1.91. The molecule has 1 aliphatic carbocycles. The molecule has 0 saturated heterocycles. The minimum Gasteiger partial charge on any atom is -0.481 e. The molecule has 0 heterocycles. The Morgan fingerprint density at radius 1 is 1.50 bits per heavy atom. The maximum Gasteiger partial charge on any atom is 0.307 e. The van der Waals surface area contributed by atoms with Gasteiger partial charge in [-0.15, -0.1) is 0 Å². The molecule has 0 aromatic carbocycles. The SMILES string of the molecule is CC(CN(C)S(=O)(=O)CC1CC(F)(F)C1)C(=O)O. The Labute approximate surface area is 105 Å². The number of aliphatic carboxylic acids is 1. The summed E-state index contributed by atoms with van der Waals surface area (Å²) in [6.45, 7) is 1.24. The van der Waals surface area contributed by atoms with E-state index in [0.717, 1.165) is 4.31 Å². The molecule has 1 N–H and O–H groups in total. The van der Waals surface area contributed by atoms with E-state index >= 15 is 0 Å². The molecule has 1 atom stereocenters. The zero-order chi connectivity index (χ0) is 14.1. The number of hydrogen-bond donors (Lipinski definition) is 1. The van der Waals surface area contributed by atoms with Crippen LogP contribution in [0.1, 0.15) is 19.8 Å². The maximum atomic E-state index is 12.6. The van der Waals surface area contributed by atoms with Gasteiger partial charge in [-0.05, 0) is 5.92 Å². The summed E-state index contributed by atoms with van der Waals surface area (Å²) in [4.78, 5) is 10.6. The number of carbonyl (C=O) groups is 1. The van der Waals surface area contributed by atoms with Crippen molar-refractivity contribution in [3.8, 4) is 0 Å². The highest BCUT2D eigenvalue weighted by atomic mass is 32.2. The predicted octanol–water partition coefficient (Wildman–Crippen LogP) is 1.01. The van der Waals surface area contributed by atoms with Crippen molar-refractivity contribution < 1.29 is 27.1 Å². The van der Waals surface area contributed by atoms with Gasteiger partial charge in [0.2, 0.25) is 15.9 Å². The van der Waals surface area contributed by atoms with Crippen LogP contribution in [0.4, 0.5) is 8.78 Å². The van der Waals surface area contributed by atoms with E-state index in [-0.39, 0.29) is 12.3 Å². The lowest BCUT2D eigenvalue weighted by atomic mass is 9.83. The molecule has 0 aromatic heterocycles. The van der Waals surface area contributed by atoms with Crippen LogP contribution in [-0.2, 0) is 14.8 Å². The van der Waals surface area contributed by atoms with Crippen LogP contribution in [0.25, 0.3) is 0 Å². The fourth-order valence-corrected chi connectivity index (χ4v) is 3.44. The van der Waals surface area contributed by atoms with Gasteiger partial charge in [0.25, 0.3) is 0 Å². The zero-order valence-corrected chi connectivity index (χ0v) is 11.1. The van der Waals surface area contributed by atoms with Crippen LogP contribution < -0.4 is 0 Å². The van der Waals surface area contributed by atoms with Gasteiger partial charge in [0.05, 0.1) is 11.7 Å². The molecular weight excluding hydrogens is 268 g/mol. The van der Waals surface area contributed by atoms with Gasteiger partial charge in [-0.25, -0.2) is 21.5 Å². The Morgan fingerprint density at radius 3 is 2.39 bits per heavy atom. The Kier molecular flexibility index (Phi) is 4.32. The maximum absolute atomic E-state index is 12.6. The topological polar surface area (TPSA) is 74.7 Å². The molecule has 1 saturated carbocycles. The van der Waals surface area contributed by atoms with E-state index in [9.17, 15) is 22.0 Å². The van der Waals surface area contributed by atoms with Crippen LogP contribution in [0.3, 0.4) is 0 Å². The Morgan fingerprint density at radius 2 is 2.00 bits per heavy atom. The van der Waals surface area contributed by atoms with Crippen molar-refractivity contribution in [2.75, 3.05) is 19.3 Å². The first kappa shape index (κ1) is 15.3. The van der Waals surface area contributed by atoms with E-state index in [4.69, 9.17) is 5.11 Å². The van der Waals surface area contributed by atoms with Crippen LogP contribution in [-0.4, -0.2) is 49.1 Å². The average Bonchev–Trinajstić information content (AvgIpc) is 2.13. The van der Waals surface area contributed by atoms with Crippen molar-refractivity contribution in [3.63, 3.8) is 0 Å².